The van der Waals surface area contributed by atoms with Crippen molar-refractivity contribution in [3.63, 3.8) is 0 Å². The van der Waals surface area contributed by atoms with Crippen molar-refractivity contribution in [1.29, 1.82) is 0 Å². The third-order valence-electron chi connectivity index (χ3n) is 8.91. The number of hydrogen-bond acceptors (Lipinski definition) is 7. The molecule has 7 aromatic rings. The van der Waals surface area contributed by atoms with Gasteiger partial charge in [-0.15, -0.1) is 9.24 Å². The Labute approximate surface area is 302 Å². The fraction of sp³-hybridized carbons (Fsp3) is 0.143. The second kappa shape index (κ2) is 14.4. The van der Waals surface area contributed by atoms with Crippen LogP contribution in [0.2, 0.25) is 0 Å². The number of aromatic nitrogens is 6. The summed E-state index contributed by atoms with van der Waals surface area (Å²) in [6.07, 6.45) is 0. The van der Waals surface area contributed by atoms with Crippen LogP contribution < -0.4 is 5.46 Å². The highest BCUT2D eigenvalue weighted by atomic mass is 31.0. The lowest BCUT2D eigenvalue weighted by Gasteiger charge is -2.39. The number of hydrogen-bond donors (Lipinski definition) is 0. The van der Waals surface area contributed by atoms with E-state index in [0.717, 1.165) is 38.8 Å². The summed E-state index contributed by atoms with van der Waals surface area (Å²) in [7, 11) is 4.69. The first kappa shape index (κ1) is 34.0. The number of nitrogens with zero attached hydrogens (tertiary/aromatic N) is 6. The molecule has 0 aliphatic heterocycles. The zero-order valence-electron chi connectivity index (χ0n) is 29.0. The Morgan fingerprint density at radius 3 is 0.961 bits per heavy atom. The molecule has 0 saturated heterocycles. The van der Waals surface area contributed by atoms with Gasteiger partial charge >= 0.3 is 7.48 Å². The van der Waals surface area contributed by atoms with Crippen LogP contribution in [-0.2, 0) is 4.65 Å². The first-order chi connectivity index (χ1) is 24.6. The van der Waals surface area contributed by atoms with Crippen molar-refractivity contribution in [3.05, 3.63) is 140 Å². The molecule has 1 radical (unpaired) electrons. The van der Waals surface area contributed by atoms with E-state index in [1.54, 1.807) is 7.48 Å². The second-order valence-corrected chi connectivity index (χ2v) is 14.8. The van der Waals surface area contributed by atoms with Crippen molar-refractivity contribution in [3.8, 4) is 68.3 Å². The summed E-state index contributed by atoms with van der Waals surface area (Å²) in [6, 6.07) is 45.9. The van der Waals surface area contributed by atoms with E-state index in [2.05, 4.69) is 36.9 Å². The first-order valence-corrected chi connectivity index (χ1v) is 17.4. The van der Waals surface area contributed by atoms with Gasteiger partial charge in [0.15, 0.2) is 34.9 Å². The molecule has 0 saturated carbocycles. The zero-order chi connectivity index (χ0) is 35.4. The monoisotopic (exact) mass is 683 g/mol. The van der Waals surface area contributed by atoms with Gasteiger partial charge in [-0.1, -0.05) is 153 Å². The highest BCUT2D eigenvalue weighted by molar-refractivity contribution is 7.19. The van der Waals surface area contributed by atoms with Crippen LogP contribution in [-0.4, -0.2) is 48.1 Å². The number of rotatable bonds is 10. The van der Waals surface area contributed by atoms with Crippen LogP contribution in [0.1, 0.15) is 27.7 Å². The maximum Gasteiger partial charge on any atom is 0.330 e. The van der Waals surface area contributed by atoms with Gasteiger partial charge in [-0.2, -0.15) is 0 Å². The molecule has 0 aliphatic carbocycles. The Morgan fingerprint density at radius 2 is 0.686 bits per heavy atom. The fourth-order valence-corrected chi connectivity index (χ4v) is 5.29. The molecule has 249 valence electrons. The van der Waals surface area contributed by atoms with E-state index in [-0.39, 0.29) is 5.16 Å². The van der Waals surface area contributed by atoms with Gasteiger partial charge in [-0.3, -0.25) is 0 Å². The molecular weight excluding hydrogens is 646 g/mol. The summed E-state index contributed by atoms with van der Waals surface area (Å²) < 4.78 is 6.48. The van der Waals surface area contributed by atoms with Crippen molar-refractivity contribution in [2.75, 3.05) is 0 Å². The van der Waals surface area contributed by atoms with Crippen molar-refractivity contribution in [2.24, 2.45) is 0 Å². The predicted molar refractivity (Wildman–Crippen MR) is 210 cm³/mol. The van der Waals surface area contributed by atoms with Gasteiger partial charge in [0.2, 0.25) is 0 Å². The molecule has 0 amide bonds. The Hall–Kier alpha value is -5.43. The molecule has 1 unspecified atom stereocenters. The molecule has 2 heterocycles. The molecule has 51 heavy (non-hydrogen) atoms. The topological polar surface area (TPSA) is 86.6 Å². The van der Waals surface area contributed by atoms with Crippen LogP contribution in [0.4, 0.5) is 0 Å². The molecule has 0 spiro atoms. The molecule has 0 fully saturated rings. The molecule has 0 N–H and O–H groups in total. The Balaban J connectivity index is 1.43. The van der Waals surface area contributed by atoms with Gasteiger partial charge in [-0.05, 0) is 19.9 Å². The van der Waals surface area contributed by atoms with Gasteiger partial charge in [0, 0.05) is 38.5 Å². The Bertz CT molecular complexity index is 2010. The maximum atomic E-state index is 6.48. The molecule has 9 heteroatoms. The molecule has 2 aromatic heterocycles. The fourth-order valence-electron chi connectivity index (χ4n) is 5.22. The quantitative estimate of drug-likeness (QED) is 0.105. The lowest BCUT2D eigenvalue weighted by atomic mass is 9.82. The van der Waals surface area contributed by atoms with Gasteiger partial charge in [0.1, 0.15) is 0 Å². The van der Waals surface area contributed by atoms with Crippen LogP contribution >= 0.6 is 9.24 Å². The van der Waals surface area contributed by atoms with Crippen LogP contribution in [0.5, 0.6) is 0 Å². The van der Waals surface area contributed by atoms with E-state index in [4.69, 9.17) is 34.6 Å². The smallest absolute Gasteiger partial charge is 0.330 e. The minimum atomic E-state index is -0.490. The van der Waals surface area contributed by atoms with Crippen LogP contribution in [0.3, 0.4) is 0 Å². The summed E-state index contributed by atoms with van der Waals surface area (Å²) in [5, 5.41) is -0.198. The molecule has 0 bridgehead atoms. The van der Waals surface area contributed by atoms with E-state index in [9.17, 15) is 0 Å². The van der Waals surface area contributed by atoms with E-state index in [0.29, 0.717) is 34.9 Å². The molecule has 0 aliphatic rings. The molecule has 1 atom stereocenters. The van der Waals surface area contributed by atoms with Gasteiger partial charge < -0.3 is 4.65 Å². The minimum Gasteiger partial charge on any atom is -0.429 e. The summed E-state index contributed by atoms with van der Waals surface area (Å²) in [5.74, 6) is 3.35. The van der Waals surface area contributed by atoms with Gasteiger partial charge in [-0.25, -0.2) is 29.9 Å². The highest BCUT2D eigenvalue weighted by Crippen LogP contribution is 2.34. The standard InChI is InChI=1S/C42H37BN6OP/c1-41(2,42(3,4)51)50-43-34-26-32(39-46-35(28-17-9-5-10-18-28)44-36(47-39)29-19-11-6-12-20-29)25-33(27-34)40-48-37(30-21-13-7-14-22-30)45-38(49-40)31-23-15-8-16-24-31/h5-27H,51H2,1-4H3. The van der Waals surface area contributed by atoms with Crippen molar-refractivity contribution in [1.82, 2.24) is 29.9 Å². The van der Waals surface area contributed by atoms with Crippen LogP contribution in [0.25, 0.3) is 68.3 Å². The van der Waals surface area contributed by atoms with E-state index >= 15 is 0 Å². The van der Waals surface area contributed by atoms with Crippen molar-refractivity contribution in [2.45, 2.75) is 38.5 Å². The third kappa shape index (κ3) is 7.83. The summed E-state index contributed by atoms with van der Waals surface area (Å²) in [6.45, 7) is 8.43. The normalized spacial score (nSPS) is 11.7. The minimum absolute atomic E-state index is 0.198. The van der Waals surface area contributed by atoms with E-state index < -0.39 is 5.60 Å². The van der Waals surface area contributed by atoms with Crippen molar-refractivity contribution < 1.29 is 4.65 Å². The Morgan fingerprint density at radius 1 is 0.412 bits per heavy atom. The lowest BCUT2D eigenvalue weighted by molar-refractivity contribution is 0.0841. The van der Waals surface area contributed by atoms with Crippen molar-refractivity contribution >= 4 is 22.2 Å². The average Bonchev–Trinajstić information content (AvgIpc) is 3.17. The number of benzene rings is 5. The highest BCUT2D eigenvalue weighted by Gasteiger charge is 2.34. The first-order valence-electron chi connectivity index (χ1n) is 16.8. The van der Waals surface area contributed by atoms with E-state index in [1.165, 1.54) is 0 Å². The lowest BCUT2D eigenvalue weighted by Crippen LogP contribution is -2.45. The van der Waals surface area contributed by atoms with Gasteiger partial charge in [0.05, 0.1) is 5.60 Å². The average molecular weight is 684 g/mol. The Kier molecular flexibility index (Phi) is 9.63. The SMILES string of the molecule is CC(C)(P)C(C)(C)O[B]c1cc(-c2nc(-c3ccccc3)nc(-c3ccccc3)n2)cc(-c2nc(-c3ccccc3)nc(-c3ccccc3)n2)c1. The summed E-state index contributed by atoms with van der Waals surface area (Å²) >= 11 is 0. The summed E-state index contributed by atoms with van der Waals surface area (Å²) in [4.78, 5) is 29.9. The molecule has 5 aromatic carbocycles. The molecule has 7 nitrogen and oxygen atoms in total. The van der Waals surface area contributed by atoms with Crippen LogP contribution in [0.15, 0.2) is 140 Å². The summed E-state index contributed by atoms with van der Waals surface area (Å²) in [5.41, 5.74) is 5.44. The predicted octanol–water partition coefficient (Wildman–Crippen LogP) is 8.75. The maximum absolute atomic E-state index is 6.48. The van der Waals surface area contributed by atoms with Crippen LogP contribution in [0, 0.1) is 0 Å². The molecular formula is C42H37BN6OP. The third-order valence-corrected chi connectivity index (χ3v) is 9.61. The second-order valence-electron chi connectivity index (χ2n) is 13.4. The molecule has 7 rings (SSSR count). The largest absolute Gasteiger partial charge is 0.429 e. The van der Waals surface area contributed by atoms with Gasteiger partial charge in [0.25, 0.3) is 0 Å². The zero-order valence-corrected chi connectivity index (χ0v) is 30.2. The van der Waals surface area contributed by atoms with E-state index in [1.807, 2.05) is 140 Å².